The highest BCUT2D eigenvalue weighted by molar-refractivity contribution is 6.13. The van der Waals surface area contributed by atoms with Crippen molar-refractivity contribution in [1.82, 2.24) is 9.97 Å². The number of para-hydroxylation sites is 3. The van der Waals surface area contributed by atoms with Crippen molar-refractivity contribution >= 4 is 43.9 Å². The van der Waals surface area contributed by atoms with Crippen LogP contribution in [0.4, 0.5) is 0 Å². The summed E-state index contributed by atoms with van der Waals surface area (Å²) in [7, 11) is 0. The minimum atomic E-state index is 0.659. The van der Waals surface area contributed by atoms with Gasteiger partial charge in [-0.15, -0.1) is 0 Å². The van der Waals surface area contributed by atoms with Crippen LogP contribution in [0.1, 0.15) is 0 Å². The highest BCUT2D eigenvalue weighted by atomic mass is 16.3. The van der Waals surface area contributed by atoms with Crippen molar-refractivity contribution in [2.45, 2.75) is 0 Å². The van der Waals surface area contributed by atoms with E-state index in [1.165, 1.54) is 0 Å². The lowest BCUT2D eigenvalue weighted by Gasteiger charge is -2.13. The molecule has 7 aromatic carbocycles. The van der Waals surface area contributed by atoms with Gasteiger partial charge in [-0.05, 0) is 35.4 Å². The van der Waals surface area contributed by atoms with Crippen molar-refractivity contribution in [1.29, 1.82) is 0 Å². The quantitative estimate of drug-likeness (QED) is 0.188. The van der Waals surface area contributed by atoms with Crippen LogP contribution < -0.4 is 0 Å². The van der Waals surface area contributed by atoms with E-state index < -0.39 is 0 Å². The highest BCUT2D eigenvalue weighted by Gasteiger charge is 2.19. The summed E-state index contributed by atoms with van der Waals surface area (Å²) in [5.41, 5.74) is 12.2. The molecule has 3 aromatic heterocycles. The van der Waals surface area contributed by atoms with Crippen LogP contribution in [0.15, 0.2) is 179 Å². The van der Waals surface area contributed by atoms with Crippen LogP contribution in [0.3, 0.4) is 0 Å². The predicted octanol–water partition coefficient (Wildman–Crippen LogP) is 12.6. The number of benzene rings is 7. The van der Waals surface area contributed by atoms with Crippen molar-refractivity contribution in [2.24, 2.45) is 0 Å². The van der Waals surface area contributed by atoms with Gasteiger partial charge in [0.05, 0.1) is 11.4 Å². The van der Waals surface area contributed by atoms with Gasteiger partial charge >= 0.3 is 0 Å². The van der Waals surface area contributed by atoms with Crippen molar-refractivity contribution < 1.29 is 8.83 Å². The molecule has 0 amide bonds. The van der Waals surface area contributed by atoms with Gasteiger partial charge in [-0.1, -0.05) is 146 Å². The molecule has 0 spiro atoms. The zero-order valence-electron chi connectivity index (χ0n) is 26.9. The maximum Gasteiger partial charge on any atom is 0.160 e. The number of hydrogen-bond donors (Lipinski definition) is 0. The van der Waals surface area contributed by atoms with E-state index in [4.69, 9.17) is 18.8 Å². The molecule has 0 unspecified atom stereocenters. The fourth-order valence-electron chi connectivity index (χ4n) is 7.15. The van der Waals surface area contributed by atoms with E-state index in [0.717, 1.165) is 94.2 Å². The lowest BCUT2D eigenvalue weighted by atomic mass is 9.95. The van der Waals surface area contributed by atoms with Crippen molar-refractivity contribution in [2.75, 3.05) is 0 Å². The molecule has 3 heterocycles. The normalized spacial score (nSPS) is 11.6. The van der Waals surface area contributed by atoms with E-state index in [-0.39, 0.29) is 0 Å². The van der Waals surface area contributed by atoms with Crippen LogP contribution in [0.25, 0.3) is 100 Å². The van der Waals surface area contributed by atoms with Crippen LogP contribution in [-0.2, 0) is 0 Å². The molecule has 0 aliphatic heterocycles. The second kappa shape index (κ2) is 11.4. The van der Waals surface area contributed by atoms with E-state index in [1.54, 1.807) is 0 Å². The van der Waals surface area contributed by atoms with E-state index >= 15 is 0 Å². The number of hydrogen-bond acceptors (Lipinski definition) is 4. The minimum absolute atomic E-state index is 0.659. The SMILES string of the molecule is c1ccc(-c2nc(-c3ccc4c(c3)oc3ccccc34)cc(-c3ccccc3-c3cccc4c3oc3c(-c5ccccc5)cccc34)n2)cc1. The fourth-order valence-corrected chi connectivity index (χ4v) is 7.15. The summed E-state index contributed by atoms with van der Waals surface area (Å²) in [4.78, 5) is 10.3. The molecule has 0 atom stereocenters. The summed E-state index contributed by atoms with van der Waals surface area (Å²) >= 11 is 0. The largest absolute Gasteiger partial charge is 0.456 e. The lowest BCUT2D eigenvalue weighted by Crippen LogP contribution is -1.97. The van der Waals surface area contributed by atoms with Crippen LogP contribution in [0.5, 0.6) is 0 Å². The van der Waals surface area contributed by atoms with Gasteiger partial charge in [-0.3, -0.25) is 0 Å². The minimum Gasteiger partial charge on any atom is -0.456 e. The Morgan fingerprint density at radius 1 is 0.320 bits per heavy atom. The predicted molar refractivity (Wildman–Crippen MR) is 204 cm³/mol. The topological polar surface area (TPSA) is 52.1 Å². The standard InChI is InChI=1S/C46H28N2O2/c1-3-13-29(14-4-1)32-20-11-22-38-39-23-12-21-37(45(39)50-44(32)38)33-17-7-8-18-34(33)41-28-40(47-46(48-41)30-15-5-2-6-16-30)31-25-26-36-35-19-9-10-24-42(35)49-43(36)27-31/h1-28H. The Hall–Kier alpha value is -6.78. The highest BCUT2D eigenvalue weighted by Crippen LogP contribution is 2.43. The Morgan fingerprint density at radius 3 is 1.70 bits per heavy atom. The third-order valence-corrected chi connectivity index (χ3v) is 9.54. The van der Waals surface area contributed by atoms with Crippen molar-refractivity contribution in [3.63, 3.8) is 0 Å². The van der Waals surface area contributed by atoms with Crippen LogP contribution in [-0.4, -0.2) is 9.97 Å². The van der Waals surface area contributed by atoms with Gasteiger partial charge in [0.15, 0.2) is 5.82 Å². The first-order valence-corrected chi connectivity index (χ1v) is 16.7. The van der Waals surface area contributed by atoms with Crippen molar-refractivity contribution in [3.8, 4) is 56.2 Å². The van der Waals surface area contributed by atoms with Gasteiger partial charge in [0, 0.05) is 49.4 Å². The van der Waals surface area contributed by atoms with Gasteiger partial charge in [-0.25, -0.2) is 9.97 Å². The van der Waals surface area contributed by atoms with Gasteiger partial charge in [-0.2, -0.15) is 0 Å². The maximum atomic E-state index is 6.82. The number of aromatic nitrogens is 2. The molecule has 50 heavy (non-hydrogen) atoms. The smallest absolute Gasteiger partial charge is 0.160 e. The third-order valence-electron chi connectivity index (χ3n) is 9.54. The third kappa shape index (κ3) is 4.61. The summed E-state index contributed by atoms with van der Waals surface area (Å²) < 4.78 is 13.1. The maximum absolute atomic E-state index is 6.82. The van der Waals surface area contributed by atoms with E-state index in [1.807, 2.05) is 42.5 Å². The molecule has 0 fully saturated rings. The second-order valence-corrected chi connectivity index (χ2v) is 12.5. The number of nitrogens with zero attached hydrogens (tertiary/aromatic N) is 2. The molecule has 4 heteroatoms. The lowest BCUT2D eigenvalue weighted by molar-refractivity contribution is 0.669. The average molecular weight is 641 g/mol. The molecular formula is C46H28N2O2. The van der Waals surface area contributed by atoms with Gasteiger partial charge in [0.1, 0.15) is 22.3 Å². The molecule has 10 aromatic rings. The van der Waals surface area contributed by atoms with E-state index in [2.05, 4.69) is 127 Å². The molecule has 0 aliphatic rings. The Bertz CT molecular complexity index is 2870. The zero-order chi connectivity index (χ0) is 33.0. The Morgan fingerprint density at radius 2 is 0.900 bits per heavy atom. The fraction of sp³-hybridized carbons (Fsp3) is 0. The Kier molecular flexibility index (Phi) is 6.46. The molecule has 0 N–H and O–H groups in total. The summed E-state index contributed by atoms with van der Waals surface area (Å²) in [5, 5.41) is 4.36. The number of fused-ring (bicyclic) bond motifs is 6. The first-order chi connectivity index (χ1) is 24.8. The van der Waals surface area contributed by atoms with Gasteiger partial charge in [0.25, 0.3) is 0 Å². The zero-order valence-corrected chi connectivity index (χ0v) is 26.9. The average Bonchev–Trinajstić information content (AvgIpc) is 3.77. The number of rotatable bonds is 5. The molecule has 10 rings (SSSR count). The van der Waals surface area contributed by atoms with E-state index in [9.17, 15) is 0 Å². The summed E-state index contributed by atoms with van der Waals surface area (Å²) in [5.74, 6) is 0.659. The van der Waals surface area contributed by atoms with Crippen molar-refractivity contribution in [3.05, 3.63) is 170 Å². The second-order valence-electron chi connectivity index (χ2n) is 12.5. The monoisotopic (exact) mass is 640 g/mol. The van der Waals surface area contributed by atoms with Crippen LogP contribution in [0, 0.1) is 0 Å². The van der Waals surface area contributed by atoms with Gasteiger partial charge < -0.3 is 8.83 Å². The molecule has 4 nitrogen and oxygen atoms in total. The molecule has 0 saturated carbocycles. The Labute approximate surface area is 287 Å². The van der Waals surface area contributed by atoms with E-state index in [0.29, 0.717) is 5.82 Å². The molecule has 234 valence electrons. The molecular weight excluding hydrogens is 613 g/mol. The summed E-state index contributed by atoms with van der Waals surface area (Å²) in [6, 6.07) is 58.3. The number of furan rings is 2. The molecule has 0 radical (unpaired) electrons. The van der Waals surface area contributed by atoms with Crippen LogP contribution in [0.2, 0.25) is 0 Å². The van der Waals surface area contributed by atoms with Gasteiger partial charge in [0.2, 0.25) is 0 Å². The Balaban J connectivity index is 1.18. The molecule has 0 aliphatic carbocycles. The molecule has 0 bridgehead atoms. The van der Waals surface area contributed by atoms with Crippen LogP contribution >= 0.6 is 0 Å². The summed E-state index contributed by atoms with van der Waals surface area (Å²) in [6.07, 6.45) is 0. The first kappa shape index (κ1) is 28.3. The molecule has 0 saturated heterocycles. The summed E-state index contributed by atoms with van der Waals surface area (Å²) in [6.45, 7) is 0. The first-order valence-electron chi connectivity index (χ1n) is 16.7.